The number of carboxylic acid groups (broad SMARTS) is 1. The van der Waals surface area contributed by atoms with E-state index in [0.717, 1.165) is 0 Å². The maximum Gasteiger partial charge on any atom is 0.354 e. The molecule has 1 aliphatic heterocycles. The van der Waals surface area contributed by atoms with Crippen LogP contribution in [0.15, 0.2) is 18.2 Å². The second kappa shape index (κ2) is 5.58. The van der Waals surface area contributed by atoms with Crippen molar-refractivity contribution in [2.24, 2.45) is 5.92 Å². The average Bonchev–Trinajstić information content (AvgIpc) is 2.80. The molecule has 20 heavy (non-hydrogen) atoms. The Labute approximate surface area is 118 Å². The van der Waals surface area contributed by atoms with E-state index in [1.54, 1.807) is 17.0 Å². The van der Waals surface area contributed by atoms with E-state index in [1.807, 2.05) is 14.1 Å². The number of carbonyl (C=O) groups is 2. The van der Waals surface area contributed by atoms with Crippen molar-refractivity contribution in [3.05, 3.63) is 29.6 Å². The van der Waals surface area contributed by atoms with Gasteiger partial charge in [0.1, 0.15) is 11.4 Å². The summed E-state index contributed by atoms with van der Waals surface area (Å²) < 4.78 is 0. The van der Waals surface area contributed by atoms with Crippen LogP contribution in [-0.4, -0.2) is 65.0 Å². The third-order valence-corrected chi connectivity index (χ3v) is 3.71. The molecule has 2 atom stereocenters. The zero-order valence-corrected chi connectivity index (χ0v) is 11.9. The van der Waals surface area contributed by atoms with E-state index >= 15 is 0 Å². The molecule has 2 heterocycles. The van der Waals surface area contributed by atoms with Gasteiger partial charge in [-0.1, -0.05) is 13.0 Å². The lowest BCUT2D eigenvalue weighted by Crippen LogP contribution is -2.36. The predicted octanol–water partition coefficient (Wildman–Crippen LogP) is 0.802. The van der Waals surface area contributed by atoms with E-state index < -0.39 is 5.97 Å². The van der Waals surface area contributed by atoms with Crippen LogP contribution in [0.1, 0.15) is 27.9 Å². The number of hydrogen-bond donors (Lipinski definition) is 1. The Kier molecular flexibility index (Phi) is 4.04. The van der Waals surface area contributed by atoms with Crippen LogP contribution >= 0.6 is 0 Å². The molecule has 0 spiro atoms. The minimum absolute atomic E-state index is 0.104. The third-order valence-electron chi connectivity index (χ3n) is 3.71. The van der Waals surface area contributed by atoms with Crippen LogP contribution in [0.4, 0.5) is 0 Å². The molecule has 6 heteroatoms. The number of likely N-dealkylation sites (tertiary alicyclic amines) is 1. The minimum atomic E-state index is -1.12. The number of aromatic nitrogens is 1. The molecular weight excluding hydrogens is 258 g/mol. The molecule has 1 amide bonds. The highest BCUT2D eigenvalue weighted by Gasteiger charge is 2.34. The third kappa shape index (κ3) is 2.80. The number of aromatic carboxylic acids is 1. The summed E-state index contributed by atoms with van der Waals surface area (Å²) >= 11 is 0. The summed E-state index contributed by atoms with van der Waals surface area (Å²) in [5.41, 5.74) is 0.0868. The first-order chi connectivity index (χ1) is 9.40. The Morgan fingerprint density at radius 2 is 1.95 bits per heavy atom. The van der Waals surface area contributed by atoms with Crippen LogP contribution in [0.5, 0.6) is 0 Å². The van der Waals surface area contributed by atoms with Crippen molar-refractivity contribution in [2.45, 2.75) is 13.0 Å². The van der Waals surface area contributed by atoms with Crippen LogP contribution in [0.2, 0.25) is 0 Å². The minimum Gasteiger partial charge on any atom is -0.477 e. The number of carbonyl (C=O) groups excluding carboxylic acids is 1. The van der Waals surface area contributed by atoms with Crippen molar-refractivity contribution in [1.29, 1.82) is 0 Å². The van der Waals surface area contributed by atoms with E-state index in [0.29, 0.717) is 25.0 Å². The molecule has 0 bridgehead atoms. The molecule has 6 nitrogen and oxygen atoms in total. The Morgan fingerprint density at radius 3 is 2.50 bits per heavy atom. The molecule has 1 aromatic heterocycles. The van der Waals surface area contributed by atoms with Crippen molar-refractivity contribution in [3.63, 3.8) is 0 Å². The highest BCUT2D eigenvalue weighted by atomic mass is 16.4. The quantitative estimate of drug-likeness (QED) is 0.884. The second-order valence-corrected chi connectivity index (χ2v) is 5.43. The van der Waals surface area contributed by atoms with Gasteiger partial charge in [0.2, 0.25) is 0 Å². The van der Waals surface area contributed by atoms with Crippen molar-refractivity contribution in [3.8, 4) is 0 Å². The van der Waals surface area contributed by atoms with Crippen molar-refractivity contribution >= 4 is 11.9 Å². The SMILES string of the molecule is CC1CN(C(=O)c2cccc(C(=O)O)n2)CC1N(C)C. The normalized spacial score (nSPS) is 22.3. The number of hydrogen-bond acceptors (Lipinski definition) is 4. The highest BCUT2D eigenvalue weighted by Crippen LogP contribution is 2.21. The summed E-state index contributed by atoms with van der Waals surface area (Å²) in [6, 6.07) is 4.81. The lowest BCUT2D eigenvalue weighted by molar-refractivity contribution is 0.0690. The summed E-state index contributed by atoms with van der Waals surface area (Å²) in [4.78, 5) is 31.0. The maximum atomic E-state index is 12.4. The van der Waals surface area contributed by atoms with E-state index in [2.05, 4.69) is 16.8 Å². The summed E-state index contributed by atoms with van der Waals surface area (Å²) in [6.07, 6.45) is 0. The molecule has 0 aromatic carbocycles. The van der Waals surface area contributed by atoms with Crippen LogP contribution in [0.3, 0.4) is 0 Å². The van der Waals surface area contributed by atoms with Gasteiger partial charge in [-0.05, 0) is 32.1 Å². The number of amides is 1. The number of pyridine rings is 1. The largest absolute Gasteiger partial charge is 0.477 e. The van der Waals surface area contributed by atoms with Gasteiger partial charge in [0, 0.05) is 19.1 Å². The Bertz CT molecular complexity index is 530. The van der Waals surface area contributed by atoms with Gasteiger partial charge in [-0.15, -0.1) is 0 Å². The Balaban J connectivity index is 2.16. The zero-order valence-electron chi connectivity index (χ0n) is 11.9. The van der Waals surface area contributed by atoms with E-state index in [4.69, 9.17) is 5.11 Å². The Hall–Kier alpha value is -1.95. The van der Waals surface area contributed by atoms with Gasteiger partial charge in [0.25, 0.3) is 5.91 Å². The first-order valence-corrected chi connectivity index (χ1v) is 6.56. The first kappa shape index (κ1) is 14.5. The molecule has 2 unspecified atom stereocenters. The standard InChI is InChI=1S/C14H19N3O3/c1-9-7-17(8-12(9)16(2)3)13(18)10-5-4-6-11(15-10)14(19)20/h4-6,9,12H,7-8H2,1-3H3,(H,19,20). The predicted molar refractivity (Wildman–Crippen MR) is 73.7 cm³/mol. The fraction of sp³-hybridized carbons (Fsp3) is 0.500. The summed E-state index contributed by atoms with van der Waals surface area (Å²) in [6.45, 7) is 3.42. The number of carboxylic acids is 1. The van der Waals surface area contributed by atoms with E-state index in [1.165, 1.54) is 6.07 Å². The van der Waals surface area contributed by atoms with Crippen LogP contribution in [0, 0.1) is 5.92 Å². The lowest BCUT2D eigenvalue weighted by Gasteiger charge is -2.22. The molecule has 1 saturated heterocycles. The molecule has 2 rings (SSSR count). The fourth-order valence-electron chi connectivity index (χ4n) is 2.62. The number of rotatable bonds is 3. The molecule has 0 saturated carbocycles. The van der Waals surface area contributed by atoms with Gasteiger partial charge in [-0.25, -0.2) is 9.78 Å². The van der Waals surface area contributed by atoms with E-state index in [9.17, 15) is 9.59 Å². The maximum absolute atomic E-state index is 12.4. The van der Waals surface area contributed by atoms with Gasteiger partial charge < -0.3 is 14.9 Å². The molecule has 1 N–H and O–H groups in total. The Morgan fingerprint density at radius 1 is 1.30 bits per heavy atom. The van der Waals surface area contributed by atoms with Gasteiger partial charge in [0.05, 0.1) is 0 Å². The van der Waals surface area contributed by atoms with Crippen molar-refractivity contribution in [2.75, 3.05) is 27.2 Å². The summed E-state index contributed by atoms with van der Waals surface area (Å²) in [5, 5.41) is 8.92. The summed E-state index contributed by atoms with van der Waals surface area (Å²) in [7, 11) is 4.00. The van der Waals surface area contributed by atoms with Crippen molar-refractivity contribution < 1.29 is 14.7 Å². The van der Waals surface area contributed by atoms with Gasteiger partial charge >= 0.3 is 5.97 Å². The zero-order chi connectivity index (χ0) is 14.9. The topological polar surface area (TPSA) is 73.7 Å². The van der Waals surface area contributed by atoms with Crippen LogP contribution in [0.25, 0.3) is 0 Å². The van der Waals surface area contributed by atoms with Crippen molar-refractivity contribution in [1.82, 2.24) is 14.8 Å². The van der Waals surface area contributed by atoms with Gasteiger partial charge in [0.15, 0.2) is 0 Å². The average molecular weight is 277 g/mol. The fourth-order valence-corrected chi connectivity index (χ4v) is 2.62. The smallest absolute Gasteiger partial charge is 0.354 e. The van der Waals surface area contributed by atoms with Gasteiger partial charge in [-0.3, -0.25) is 4.79 Å². The van der Waals surface area contributed by atoms with E-state index in [-0.39, 0.29) is 17.3 Å². The molecular formula is C14H19N3O3. The monoisotopic (exact) mass is 277 g/mol. The molecule has 1 aliphatic rings. The lowest BCUT2D eigenvalue weighted by atomic mass is 10.1. The highest BCUT2D eigenvalue weighted by molar-refractivity contribution is 5.94. The molecule has 108 valence electrons. The number of likely N-dealkylation sites (N-methyl/N-ethyl adjacent to an activating group) is 1. The second-order valence-electron chi connectivity index (χ2n) is 5.43. The molecule has 0 radical (unpaired) electrons. The molecule has 1 aromatic rings. The summed E-state index contributed by atoms with van der Waals surface area (Å²) in [5.74, 6) is -0.943. The molecule has 0 aliphatic carbocycles. The molecule has 1 fully saturated rings. The van der Waals surface area contributed by atoms with Gasteiger partial charge in [-0.2, -0.15) is 0 Å². The van der Waals surface area contributed by atoms with Crippen LogP contribution in [-0.2, 0) is 0 Å². The first-order valence-electron chi connectivity index (χ1n) is 6.56. The number of nitrogens with zero attached hydrogens (tertiary/aromatic N) is 3. The van der Waals surface area contributed by atoms with Crippen LogP contribution < -0.4 is 0 Å².